The Kier molecular flexibility index (Phi) is 3.96. The highest BCUT2D eigenvalue weighted by molar-refractivity contribution is 5.95. The van der Waals surface area contributed by atoms with Gasteiger partial charge in [0.2, 0.25) is 0 Å². The number of carboxylic acid groups (broad SMARTS) is 1. The first-order chi connectivity index (χ1) is 10.2. The predicted octanol–water partition coefficient (Wildman–Crippen LogP) is 1.10. The van der Waals surface area contributed by atoms with E-state index < -0.39 is 12.0 Å². The number of piperidine rings is 1. The fourth-order valence-corrected chi connectivity index (χ4v) is 3.39. The molecule has 1 aromatic rings. The third kappa shape index (κ3) is 2.68. The van der Waals surface area contributed by atoms with E-state index in [1.54, 1.807) is 0 Å². The van der Waals surface area contributed by atoms with Gasteiger partial charge in [0, 0.05) is 18.8 Å². The van der Waals surface area contributed by atoms with Gasteiger partial charge in [0.15, 0.2) is 0 Å². The zero-order valence-corrected chi connectivity index (χ0v) is 12.0. The second-order valence-electron chi connectivity index (χ2n) is 5.78. The number of amides is 1. The quantitative estimate of drug-likeness (QED) is 0.874. The molecule has 3 heterocycles. The van der Waals surface area contributed by atoms with Crippen LogP contribution >= 0.6 is 0 Å². The second-order valence-corrected chi connectivity index (χ2v) is 5.78. The molecule has 6 nitrogen and oxygen atoms in total. The van der Waals surface area contributed by atoms with Crippen molar-refractivity contribution in [3.05, 3.63) is 24.0 Å². The summed E-state index contributed by atoms with van der Waals surface area (Å²) >= 11 is 0. The normalized spacial score (nSPS) is 23.4. The number of rotatable bonds is 3. The van der Waals surface area contributed by atoms with Crippen LogP contribution in [0.1, 0.15) is 42.2 Å². The summed E-state index contributed by atoms with van der Waals surface area (Å²) in [7, 11) is 0. The third-order valence-electron chi connectivity index (χ3n) is 4.50. The summed E-state index contributed by atoms with van der Waals surface area (Å²) in [5.74, 6) is -1.05. The summed E-state index contributed by atoms with van der Waals surface area (Å²) in [4.78, 5) is 25.5. The number of nitrogens with one attached hydrogen (secondary N) is 1. The Labute approximate surface area is 123 Å². The van der Waals surface area contributed by atoms with Crippen LogP contribution in [0, 0.1) is 0 Å². The number of nitrogens with zero attached hydrogens (tertiary/aromatic N) is 2. The molecule has 114 valence electrons. The number of aliphatic carboxylic acids is 1. The van der Waals surface area contributed by atoms with Crippen molar-refractivity contribution in [2.24, 2.45) is 0 Å². The average Bonchev–Trinajstić information content (AvgIpc) is 3.16. The van der Waals surface area contributed by atoms with Crippen molar-refractivity contribution in [1.82, 2.24) is 14.8 Å². The van der Waals surface area contributed by atoms with Gasteiger partial charge in [-0.15, -0.1) is 0 Å². The Hall–Kier alpha value is -1.82. The third-order valence-corrected chi connectivity index (χ3v) is 4.50. The maximum absolute atomic E-state index is 12.7. The number of likely N-dealkylation sites (tertiary alicyclic amines) is 1. The van der Waals surface area contributed by atoms with Crippen LogP contribution in [0.5, 0.6) is 0 Å². The molecule has 2 fully saturated rings. The maximum atomic E-state index is 12.7. The van der Waals surface area contributed by atoms with Gasteiger partial charge in [-0.1, -0.05) is 0 Å². The molecule has 0 spiro atoms. The zero-order valence-electron chi connectivity index (χ0n) is 12.0. The van der Waals surface area contributed by atoms with Crippen LogP contribution in [-0.2, 0) is 4.79 Å². The Morgan fingerprint density at radius 1 is 1.24 bits per heavy atom. The molecule has 2 N–H and O–H groups in total. The monoisotopic (exact) mass is 291 g/mol. The molecule has 1 aromatic heterocycles. The summed E-state index contributed by atoms with van der Waals surface area (Å²) < 4.78 is 2.03. The van der Waals surface area contributed by atoms with Gasteiger partial charge in [0.1, 0.15) is 11.7 Å². The van der Waals surface area contributed by atoms with E-state index in [4.69, 9.17) is 0 Å². The van der Waals surface area contributed by atoms with E-state index in [0.717, 1.165) is 32.4 Å². The Bertz CT molecular complexity index is 534. The standard InChI is InChI=1S/C15H21N3O3/c19-14(18-10-2-4-13(18)15(20)21)12-3-1-9-17(12)11-5-7-16-8-6-11/h1,3,9,11,13,16H,2,4-8,10H2,(H,20,21)/t13-/m1/s1. The molecule has 0 radical (unpaired) electrons. The molecule has 2 aliphatic heterocycles. The average molecular weight is 291 g/mol. The molecule has 6 heteroatoms. The second kappa shape index (κ2) is 5.89. The smallest absolute Gasteiger partial charge is 0.326 e. The number of hydrogen-bond donors (Lipinski definition) is 2. The topological polar surface area (TPSA) is 74.6 Å². The molecule has 2 aliphatic rings. The van der Waals surface area contributed by atoms with Crippen LogP contribution in [0.4, 0.5) is 0 Å². The Balaban J connectivity index is 1.82. The van der Waals surface area contributed by atoms with Gasteiger partial charge in [0.05, 0.1) is 0 Å². The number of hydrogen-bond acceptors (Lipinski definition) is 3. The van der Waals surface area contributed by atoms with Gasteiger partial charge >= 0.3 is 5.97 Å². The van der Waals surface area contributed by atoms with Crippen LogP contribution in [0.25, 0.3) is 0 Å². The zero-order chi connectivity index (χ0) is 14.8. The minimum absolute atomic E-state index is 0.150. The van der Waals surface area contributed by atoms with Gasteiger partial charge in [-0.2, -0.15) is 0 Å². The summed E-state index contributed by atoms with van der Waals surface area (Å²) in [6.07, 6.45) is 5.25. The minimum Gasteiger partial charge on any atom is -0.480 e. The predicted molar refractivity (Wildman–Crippen MR) is 77.3 cm³/mol. The molecule has 0 aliphatic carbocycles. The first kappa shape index (κ1) is 14.1. The van der Waals surface area contributed by atoms with Gasteiger partial charge in [-0.25, -0.2) is 4.79 Å². The molecule has 1 atom stereocenters. The van der Waals surface area contributed by atoms with Crippen LogP contribution in [0.15, 0.2) is 18.3 Å². The number of carbonyl (C=O) groups excluding carboxylic acids is 1. The molecule has 2 saturated heterocycles. The highest BCUT2D eigenvalue weighted by Crippen LogP contribution is 2.25. The molecular formula is C15H21N3O3. The summed E-state index contributed by atoms with van der Waals surface area (Å²) in [6, 6.07) is 3.34. The first-order valence-corrected chi connectivity index (χ1v) is 7.60. The molecular weight excluding hydrogens is 270 g/mol. The lowest BCUT2D eigenvalue weighted by molar-refractivity contribution is -0.141. The molecule has 3 rings (SSSR count). The van der Waals surface area contributed by atoms with E-state index in [0.29, 0.717) is 24.7 Å². The molecule has 21 heavy (non-hydrogen) atoms. The molecule has 0 bridgehead atoms. The molecule has 0 unspecified atom stereocenters. The largest absolute Gasteiger partial charge is 0.480 e. The molecule has 0 aromatic carbocycles. The van der Waals surface area contributed by atoms with E-state index >= 15 is 0 Å². The first-order valence-electron chi connectivity index (χ1n) is 7.60. The van der Waals surface area contributed by atoms with E-state index in [9.17, 15) is 14.7 Å². The van der Waals surface area contributed by atoms with Gasteiger partial charge < -0.3 is 19.9 Å². The van der Waals surface area contributed by atoms with E-state index in [2.05, 4.69) is 5.32 Å². The van der Waals surface area contributed by atoms with Crippen LogP contribution < -0.4 is 5.32 Å². The highest BCUT2D eigenvalue weighted by Gasteiger charge is 2.35. The minimum atomic E-state index is -0.902. The molecule has 1 amide bonds. The van der Waals surface area contributed by atoms with Gasteiger partial charge in [-0.3, -0.25) is 4.79 Å². The molecule has 0 saturated carbocycles. The van der Waals surface area contributed by atoms with Crippen molar-refractivity contribution in [1.29, 1.82) is 0 Å². The number of aromatic nitrogens is 1. The van der Waals surface area contributed by atoms with Gasteiger partial charge in [0.25, 0.3) is 5.91 Å². The summed E-state index contributed by atoms with van der Waals surface area (Å²) in [6.45, 7) is 2.45. The summed E-state index contributed by atoms with van der Waals surface area (Å²) in [5.41, 5.74) is 0.620. The lowest BCUT2D eigenvalue weighted by Crippen LogP contribution is -2.41. The van der Waals surface area contributed by atoms with Gasteiger partial charge in [-0.05, 0) is 50.9 Å². The van der Waals surface area contributed by atoms with Crippen molar-refractivity contribution >= 4 is 11.9 Å². The maximum Gasteiger partial charge on any atom is 0.326 e. The van der Waals surface area contributed by atoms with Crippen molar-refractivity contribution in [3.63, 3.8) is 0 Å². The van der Waals surface area contributed by atoms with E-state index in [-0.39, 0.29) is 5.91 Å². The van der Waals surface area contributed by atoms with Crippen molar-refractivity contribution in [2.75, 3.05) is 19.6 Å². The van der Waals surface area contributed by atoms with Crippen LogP contribution in [0.3, 0.4) is 0 Å². The highest BCUT2D eigenvalue weighted by atomic mass is 16.4. The van der Waals surface area contributed by atoms with Crippen LogP contribution in [0.2, 0.25) is 0 Å². The Morgan fingerprint density at radius 3 is 2.71 bits per heavy atom. The van der Waals surface area contributed by atoms with Crippen molar-refractivity contribution < 1.29 is 14.7 Å². The van der Waals surface area contributed by atoms with E-state index in [1.165, 1.54) is 4.90 Å². The lowest BCUT2D eigenvalue weighted by atomic mass is 10.1. The van der Waals surface area contributed by atoms with Crippen LogP contribution in [-0.4, -0.2) is 52.1 Å². The summed E-state index contributed by atoms with van der Waals surface area (Å²) in [5, 5.41) is 12.6. The SMILES string of the molecule is O=C(O)[C@H]1CCCN1C(=O)c1cccn1C1CCNCC1. The fourth-order valence-electron chi connectivity index (χ4n) is 3.39. The van der Waals surface area contributed by atoms with E-state index in [1.807, 2.05) is 22.9 Å². The Morgan fingerprint density at radius 2 is 2.00 bits per heavy atom. The number of carbonyl (C=O) groups is 2. The van der Waals surface area contributed by atoms with Crippen molar-refractivity contribution in [3.8, 4) is 0 Å². The number of carboxylic acids is 1. The van der Waals surface area contributed by atoms with Crippen molar-refractivity contribution in [2.45, 2.75) is 37.8 Å². The lowest BCUT2D eigenvalue weighted by Gasteiger charge is -2.28. The fraction of sp³-hybridized carbons (Fsp3) is 0.600.